The number of nitrogens with zero attached hydrogens (tertiary/aromatic N) is 3. The number of carbonyl (C=O) groups is 1. The number of terminal acetylenes is 1. The Bertz CT molecular complexity index is 1140. The van der Waals surface area contributed by atoms with E-state index in [0.29, 0.717) is 11.0 Å². The summed E-state index contributed by atoms with van der Waals surface area (Å²) in [6, 6.07) is 7.47. The van der Waals surface area contributed by atoms with Crippen molar-refractivity contribution >= 4 is 22.8 Å². The molecule has 4 atom stereocenters. The second kappa shape index (κ2) is 8.58. The van der Waals surface area contributed by atoms with Crippen molar-refractivity contribution in [2.75, 3.05) is 12.3 Å². The fraction of sp³-hybridized carbons (Fsp3) is 0.250. The molecule has 3 aromatic rings. The van der Waals surface area contributed by atoms with Crippen LogP contribution in [0.5, 0.6) is 5.75 Å². The molecule has 7 N–H and O–H groups in total. The van der Waals surface area contributed by atoms with Gasteiger partial charge in [-0.25, -0.2) is 14.8 Å². The number of aliphatic hydroxyl groups excluding tert-OH is 2. The van der Waals surface area contributed by atoms with Crippen LogP contribution in [0.2, 0.25) is 0 Å². The second-order valence-corrected chi connectivity index (χ2v) is 6.67. The zero-order valence-corrected chi connectivity index (χ0v) is 16.0. The third-order valence-corrected chi connectivity index (χ3v) is 4.82. The van der Waals surface area contributed by atoms with Crippen molar-refractivity contribution in [3.05, 3.63) is 48.4 Å². The number of anilines is 1. The number of benzene rings is 1. The lowest BCUT2D eigenvalue weighted by atomic mass is 9.95. The van der Waals surface area contributed by atoms with Crippen LogP contribution in [0.25, 0.3) is 11.0 Å². The second-order valence-electron chi connectivity index (χ2n) is 6.67. The number of rotatable bonds is 3. The minimum atomic E-state index is -1.99. The molecular formula is C20H20N4O7. The summed E-state index contributed by atoms with van der Waals surface area (Å²) in [6.07, 6.45) is 4.70. The first kappa shape index (κ1) is 22.0. The molecule has 4 rings (SSSR count). The molecule has 0 unspecified atom stereocenters. The number of para-hydroxylation sites is 1. The highest BCUT2D eigenvalue weighted by molar-refractivity contribution is 5.90. The van der Waals surface area contributed by atoms with E-state index >= 15 is 0 Å². The molecule has 1 aliphatic heterocycles. The Morgan fingerprint density at radius 3 is 2.61 bits per heavy atom. The number of phenols is 1. The van der Waals surface area contributed by atoms with Crippen molar-refractivity contribution in [1.82, 2.24) is 14.5 Å². The number of carboxylic acids is 1. The Morgan fingerprint density at radius 2 is 2.03 bits per heavy atom. The number of aromatic nitrogens is 3. The van der Waals surface area contributed by atoms with Gasteiger partial charge in [-0.05, 0) is 18.2 Å². The van der Waals surface area contributed by atoms with Gasteiger partial charge in [-0.3, -0.25) is 0 Å². The highest BCUT2D eigenvalue weighted by Crippen LogP contribution is 2.39. The summed E-state index contributed by atoms with van der Waals surface area (Å²) >= 11 is 0. The van der Waals surface area contributed by atoms with Crippen molar-refractivity contribution in [3.63, 3.8) is 0 Å². The molecule has 162 valence electrons. The summed E-state index contributed by atoms with van der Waals surface area (Å²) in [5.74, 6) is 1.11. The number of ether oxygens (including phenoxy) is 1. The summed E-state index contributed by atoms with van der Waals surface area (Å²) in [7, 11) is 0. The van der Waals surface area contributed by atoms with E-state index in [9.17, 15) is 20.1 Å². The molecule has 1 aliphatic rings. The standard InChI is InChI=1S/C13H14N4O4.C7H6O3/c1-2-13(20)9(19)8(5-18)21-12(13)17-4-3-7-10(14)15-6-16-11(7)17;8-6-4-2-1-3-5(6)7(9)10/h1,3-4,6,8-9,12,18-20H,5H2,(H2,14,15,16);1-4,8H,(H,9,10)/t8-,9-,12-,13-;/m1./s1. The number of nitrogens with two attached hydrogens (primary N) is 1. The number of fused-ring (bicyclic) bond motifs is 1. The predicted molar refractivity (Wildman–Crippen MR) is 108 cm³/mol. The summed E-state index contributed by atoms with van der Waals surface area (Å²) in [4.78, 5) is 18.2. The van der Waals surface area contributed by atoms with Crippen molar-refractivity contribution < 1.29 is 35.1 Å². The molecule has 0 bridgehead atoms. The molecule has 11 heteroatoms. The molecule has 0 spiro atoms. The van der Waals surface area contributed by atoms with E-state index in [1.165, 1.54) is 23.0 Å². The third kappa shape index (κ3) is 3.88. The third-order valence-electron chi connectivity index (χ3n) is 4.82. The zero-order valence-electron chi connectivity index (χ0n) is 16.0. The van der Waals surface area contributed by atoms with E-state index in [-0.39, 0.29) is 17.1 Å². The first-order valence-corrected chi connectivity index (χ1v) is 8.97. The van der Waals surface area contributed by atoms with E-state index in [1.807, 2.05) is 0 Å². The van der Waals surface area contributed by atoms with E-state index in [4.69, 9.17) is 27.1 Å². The van der Waals surface area contributed by atoms with Crippen molar-refractivity contribution in [2.24, 2.45) is 0 Å². The lowest BCUT2D eigenvalue weighted by Crippen LogP contribution is -2.45. The number of carboxylic acid groups (broad SMARTS) is 1. The molecule has 0 saturated carbocycles. The number of aromatic carboxylic acids is 1. The molecule has 1 aromatic carbocycles. The fourth-order valence-electron chi connectivity index (χ4n) is 3.18. The highest BCUT2D eigenvalue weighted by atomic mass is 16.6. The van der Waals surface area contributed by atoms with Crippen LogP contribution >= 0.6 is 0 Å². The van der Waals surface area contributed by atoms with Gasteiger partial charge in [0.05, 0.1) is 12.0 Å². The summed E-state index contributed by atoms with van der Waals surface area (Å²) in [6.45, 7) is -0.474. The van der Waals surface area contributed by atoms with Crippen LogP contribution < -0.4 is 5.73 Å². The smallest absolute Gasteiger partial charge is 0.339 e. The lowest BCUT2D eigenvalue weighted by Gasteiger charge is -2.26. The average molecular weight is 428 g/mol. The van der Waals surface area contributed by atoms with Crippen LogP contribution in [0.3, 0.4) is 0 Å². The maximum absolute atomic E-state index is 10.5. The van der Waals surface area contributed by atoms with Gasteiger partial charge in [0.15, 0.2) is 11.8 Å². The minimum absolute atomic E-state index is 0.0671. The molecule has 1 fully saturated rings. The van der Waals surface area contributed by atoms with Crippen LogP contribution in [-0.4, -0.2) is 70.5 Å². The maximum atomic E-state index is 10.5. The van der Waals surface area contributed by atoms with Crippen molar-refractivity contribution in [1.29, 1.82) is 0 Å². The van der Waals surface area contributed by atoms with Crippen LogP contribution in [0.4, 0.5) is 5.82 Å². The van der Waals surface area contributed by atoms with Crippen LogP contribution in [-0.2, 0) is 4.74 Å². The maximum Gasteiger partial charge on any atom is 0.339 e. The van der Waals surface area contributed by atoms with Gasteiger partial charge >= 0.3 is 5.97 Å². The molecular weight excluding hydrogens is 408 g/mol. The Labute approximate surface area is 176 Å². The molecule has 1 saturated heterocycles. The summed E-state index contributed by atoms with van der Waals surface area (Å²) < 4.78 is 6.96. The molecule has 31 heavy (non-hydrogen) atoms. The topological polar surface area (TPSA) is 184 Å². The van der Waals surface area contributed by atoms with E-state index in [1.54, 1.807) is 24.4 Å². The minimum Gasteiger partial charge on any atom is -0.507 e. The van der Waals surface area contributed by atoms with Crippen LogP contribution in [0, 0.1) is 12.3 Å². The van der Waals surface area contributed by atoms with Gasteiger partial charge in [0, 0.05) is 6.20 Å². The van der Waals surface area contributed by atoms with Gasteiger partial charge in [-0.1, -0.05) is 18.1 Å². The number of aromatic hydroxyl groups is 1. The zero-order chi connectivity index (χ0) is 22.8. The lowest BCUT2D eigenvalue weighted by molar-refractivity contribution is -0.0718. The average Bonchev–Trinajstić information content (AvgIpc) is 3.29. The summed E-state index contributed by atoms with van der Waals surface area (Å²) in [5, 5.41) is 47.7. The van der Waals surface area contributed by atoms with Crippen molar-refractivity contribution in [3.8, 4) is 18.1 Å². The van der Waals surface area contributed by atoms with Gasteiger partial charge in [0.2, 0.25) is 0 Å². The monoisotopic (exact) mass is 428 g/mol. The molecule has 2 aromatic heterocycles. The number of aliphatic hydroxyl groups is 3. The Hall–Kier alpha value is -3.69. The summed E-state index contributed by atoms with van der Waals surface area (Å²) in [5.41, 5.74) is 4.11. The molecule has 0 radical (unpaired) electrons. The van der Waals surface area contributed by atoms with Crippen LogP contribution in [0.15, 0.2) is 42.9 Å². The Morgan fingerprint density at radius 1 is 1.32 bits per heavy atom. The van der Waals surface area contributed by atoms with Gasteiger partial charge in [-0.2, -0.15) is 0 Å². The largest absolute Gasteiger partial charge is 0.507 e. The van der Waals surface area contributed by atoms with Gasteiger partial charge in [0.1, 0.15) is 41.3 Å². The van der Waals surface area contributed by atoms with Gasteiger partial charge in [-0.15, -0.1) is 6.42 Å². The van der Waals surface area contributed by atoms with Crippen molar-refractivity contribution in [2.45, 2.75) is 24.0 Å². The molecule has 3 heterocycles. The van der Waals surface area contributed by atoms with E-state index < -0.39 is 36.6 Å². The predicted octanol–water partition coefficient (Wildman–Crippen LogP) is -0.281. The normalized spacial score (nSPS) is 24.9. The SMILES string of the molecule is C#C[C@@]1(O)[C@H](O)[C@@H](CO)O[C@H]1n1ccc2c(N)ncnc21.O=C(O)c1ccccc1O. The fourth-order valence-corrected chi connectivity index (χ4v) is 3.18. The Balaban J connectivity index is 0.000000229. The highest BCUT2D eigenvalue weighted by Gasteiger charge is 2.55. The quantitative estimate of drug-likeness (QED) is 0.303. The van der Waals surface area contributed by atoms with E-state index in [0.717, 1.165) is 0 Å². The number of hydrogen-bond donors (Lipinski definition) is 6. The number of nitrogen functional groups attached to an aromatic ring is 1. The Kier molecular flexibility index (Phi) is 6.09. The van der Waals surface area contributed by atoms with Gasteiger partial charge < -0.3 is 40.6 Å². The van der Waals surface area contributed by atoms with Crippen LogP contribution in [0.1, 0.15) is 16.6 Å². The first-order chi connectivity index (χ1) is 14.7. The number of hydrogen-bond acceptors (Lipinski definition) is 9. The molecule has 0 aliphatic carbocycles. The first-order valence-electron chi connectivity index (χ1n) is 8.97. The molecule has 0 amide bonds. The van der Waals surface area contributed by atoms with Gasteiger partial charge in [0.25, 0.3) is 0 Å². The van der Waals surface area contributed by atoms with E-state index in [2.05, 4.69) is 15.9 Å². The molecule has 11 nitrogen and oxygen atoms in total.